The van der Waals surface area contributed by atoms with Gasteiger partial charge in [-0.15, -0.1) is 0 Å². The van der Waals surface area contributed by atoms with Crippen LogP contribution in [0, 0.1) is 0 Å². The Morgan fingerprint density at radius 2 is 0.907 bits per heavy atom. The summed E-state index contributed by atoms with van der Waals surface area (Å²) in [5.41, 5.74) is 0.940. The van der Waals surface area contributed by atoms with Crippen LogP contribution in [0.2, 0.25) is 0 Å². The summed E-state index contributed by atoms with van der Waals surface area (Å²) in [4.78, 5) is 0. The molecule has 0 radical (unpaired) electrons. The molecule has 43 heavy (non-hydrogen) atoms. The Balaban J connectivity index is 1.51. The maximum atomic E-state index is 9.71. The molecule has 0 atom stereocenters. The van der Waals surface area contributed by atoms with Crippen molar-refractivity contribution in [1.82, 2.24) is 0 Å². The number of fused-ring (bicyclic) bond motifs is 6. The van der Waals surface area contributed by atoms with E-state index in [-0.39, 0.29) is 43.8 Å². The van der Waals surface area contributed by atoms with Crippen molar-refractivity contribution in [3.8, 4) is 33.4 Å². The minimum absolute atomic E-state index is 0.0564. The first-order chi connectivity index (χ1) is 26.8. The van der Waals surface area contributed by atoms with Crippen LogP contribution in [0.25, 0.3) is 87.6 Å². The van der Waals surface area contributed by atoms with Gasteiger partial charge in [0, 0.05) is 10.8 Å². The third-order valence-electron chi connectivity index (χ3n) is 7.88. The van der Waals surface area contributed by atoms with E-state index >= 15 is 0 Å². The van der Waals surface area contributed by atoms with E-state index < -0.39 is 84.1 Å². The van der Waals surface area contributed by atoms with Crippen molar-refractivity contribution in [2.75, 3.05) is 0 Å². The van der Waals surface area contributed by atoms with E-state index in [0.29, 0.717) is 16.3 Å². The molecule has 1 aromatic heterocycles. The molecule has 8 aromatic carbocycles. The van der Waals surface area contributed by atoms with Crippen molar-refractivity contribution >= 4 is 54.3 Å². The predicted octanol–water partition coefficient (Wildman–Crippen LogP) is 12.0. The monoisotopic (exact) mass is 559 g/mol. The summed E-state index contributed by atoms with van der Waals surface area (Å²) in [6.45, 7) is 0. The molecule has 0 saturated carbocycles. The first-order valence-electron chi connectivity index (χ1n) is 20.2. The second kappa shape index (κ2) is 9.44. The summed E-state index contributed by atoms with van der Waals surface area (Å²) >= 11 is 0. The maximum Gasteiger partial charge on any atom is 0.135 e. The zero-order valence-corrected chi connectivity index (χ0v) is 22.4. The molecule has 0 aliphatic rings. The van der Waals surface area contributed by atoms with E-state index in [0.717, 1.165) is 21.9 Å². The zero-order chi connectivity index (χ0) is 39.6. The third-order valence-corrected chi connectivity index (χ3v) is 7.88. The highest BCUT2D eigenvalue weighted by molar-refractivity contribution is 6.24. The molecule has 0 unspecified atom stereocenters. The van der Waals surface area contributed by atoms with Gasteiger partial charge in [-0.1, -0.05) is 139 Å². The van der Waals surface area contributed by atoms with Gasteiger partial charge in [-0.2, -0.15) is 0 Å². The lowest BCUT2D eigenvalue weighted by atomic mass is 9.84. The van der Waals surface area contributed by atoms with E-state index in [9.17, 15) is 6.85 Å². The average molecular weight is 560 g/mol. The van der Waals surface area contributed by atoms with Crippen molar-refractivity contribution in [1.29, 1.82) is 0 Å². The van der Waals surface area contributed by atoms with E-state index in [1.54, 1.807) is 0 Å². The van der Waals surface area contributed by atoms with Gasteiger partial charge >= 0.3 is 0 Å². The molecule has 0 aliphatic carbocycles. The van der Waals surface area contributed by atoms with Crippen molar-refractivity contribution in [2.45, 2.75) is 0 Å². The molecule has 0 N–H and O–H groups in total. The predicted molar refractivity (Wildman–Crippen MR) is 183 cm³/mol. The topological polar surface area (TPSA) is 13.1 Å². The lowest BCUT2D eigenvalue weighted by Gasteiger charge is -2.19. The SMILES string of the molecule is [2H]c1c([2H])c([2H])c2c(oc3c([2H])c([2H])c(-c4c([2H])c([2H])c(-c5c6ccccc6c(-c6ccccc6)c6ccccc56)c5c([2H])c([2H])c([2H])c([2H])c45)c([2H])c32)c1[2H]. The minimum Gasteiger partial charge on any atom is -0.456 e. The highest BCUT2D eigenvalue weighted by Gasteiger charge is 2.19. The lowest BCUT2D eigenvalue weighted by molar-refractivity contribution is 0.669. The fraction of sp³-hybridized carbons (Fsp3) is 0. The molecule has 200 valence electrons. The zero-order valence-electron chi connectivity index (χ0n) is 35.4. The number of hydrogen-bond acceptors (Lipinski definition) is 1. The van der Waals surface area contributed by atoms with Crippen molar-refractivity contribution in [3.05, 3.63) is 157 Å². The van der Waals surface area contributed by atoms with Crippen molar-refractivity contribution in [2.24, 2.45) is 0 Å². The summed E-state index contributed by atoms with van der Waals surface area (Å²) in [6, 6.07) is 17.5. The molecule has 0 spiro atoms. The van der Waals surface area contributed by atoms with Crippen LogP contribution in [0.4, 0.5) is 0 Å². The normalized spacial score (nSPS) is 16.0. The summed E-state index contributed by atoms with van der Waals surface area (Å²) in [6.07, 6.45) is 0. The molecular formula is C42H26O. The standard InChI is InChI=1S/C42H26O/c1-2-12-27(13-3-1)41-33-17-6-8-19-35(33)42(36-20-9-7-18-34(36)41)37-24-23-29(30-14-4-5-15-31(30)37)28-22-25-40-38(26-28)32-16-10-11-21-39(32)43-40/h1-26H/i4D,5D,10D,11D,14D,15D,16D,21D,22D,23D,24D,25D,26D. The Morgan fingerprint density at radius 3 is 1.60 bits per heavy atom. The van der Waals surface area contributed by atoms with Crippen LogP contribution < -0.4 is 0 Å². The van der Waals surface area contributed by atoms with Crippen LogP contribution in [0.3, 0.4) is 0 Å². The average Bonchev–Trinajstić information content (AvgIpc) is 3.62. The molecule has 0 amide bonds. The first kappa shape index (κ1) is 14.5. The highest BCUT2D eigenvalue weighted by Crippen LogP contribution is 2.46. The van der Waals surface area contributed by atoms with Crippen molar-refractivity contribution < 1.29 is 22.2 Å². The molecular weight excluding hydrogens is 520 g/mol. The molecule has 0 saturated heterocycles. The van der Waals surface area contributed by atoms with Crippen LogP contribution in [0.1, 0.15) is 17.8 Å². The van der Waals surface area contributed by atoms with Crippen molar-refractivity contribution in [3.63, 3.8) is 0 Å². The summed E-state index contributed by atoms with van der Waals surface area (Å²) in [5, 5.41) is 2.16. The number of benzene rings is 8. The fourth-order valence-corrected chi connectivity index (χ4v) is 6.05. The summed E-state index contributed by atoms with van der Waals surface area (Å²) in [5.74, 6) is 0. The second-order valence-corrected chi connectivity index (χ2v) is 10.2. The summed E-state index contributed by atoms with van der Waals surface area (Å²) in [7, 11) is 0. The van der Waals surface area contributed by atoms with Crippen LogP contribution in [-0.2, 0) is 0 Å². The van der Waals surface area contributed by atoms with Crippen LogP contribution in [-0.4, -0.2) is 0 Å². The highest BCUT2D eigenvalue weighted by atomic mass is 16.3. The van der Waals surface area contributed by atoms with Gasteiger partial charge in [0.25, 0.3) is 0 Å². The van der Waals surface area contributed by atoms with Gasteiger partial charge < -0.3 is 4.42 Å². The quantitative estimate of drug-likeness (QED) is 0.196. The smallest absolute Gasteiger partial charge is 0.135 e. The van der Waals surface area contributed by atoms with Gasteiger partial charge in [-0.3, -0.25) is 0 Å². The number of hydrogen-bond donors (Lipinski definition) is 0. The molecule has 0 aliphatic heterocycles. The van der Waals surface area contributed by atoms with Gasteiger partial charge in [0.1, 0.15) is 11.2 Å². The Labute approximate surface area is 267 Å². The number of para-hydroxylation sites is 1. The van der Waals surface area contributed by atoms with Gasteiger partial charge in [0.2, 0.25) is 0 Å². The molecule has 9 rings (SSSR count). The van der Waals surface area contributed by atoms with Gasteiger partial charge in [0.15, 0.2) is 0 Å². The third kappa shape index (κ3) is 3.65. The molecule has 1 heteroatoms. The van der Waals surface area contributed by atoms with Gasteiger partial charge in [-0.25, -0.2) is 0 Å². The van der Waals surface area contributed by atoms with Crippen LogP contribution in [0.15, 0.2) is 162 Å². The Morgan fingerprint density at radius 1 is 0.372 bits per heavy atom. The van der Waals surface area contributed by atoms with E-state index in [2.05, 4.69) is 0 Å². The van der Waals surface area contributed by atoms with E-state index in [1.165, 1.54) is 0 Å². The minimum atomic E-state index is -0.644. The Bertz CT molecular complexity index is 3170. The van der Waals surface area contributed by atoms with E-state index in [4.69, 9.17) is 15.4 Å². The van der Waals surface area contributed by atoms with Gasteiger partial charge in [-0.05, 0) is 83.8 Å². The first-order valence-corrected chi connectivity index (χ1v) is 13.7. The van der Waals surface area contributed by atoms with E-state index in [1.807, 2.05) is 78.9 Å². The molecule has 1 heterocycles. The fourth-order valence-electron chi connectivity index (χ4n) is 6.05. The Hall–Kier alpha value is -5.66. The van der Waals surface area contributed by atoms with Crippen LogP contribution >= 0.6 is 0 Å². The molecule has 1 nitrogen and oxygen atoms in total. The van der Waals surface area contributed by atoms with Crippen LogP contribution in [0.5, 0.6) is 0 Å². The molecule has 0 fully saturated rings. The maximum absolute atomic E-state index is 9.71. The summed E-state index contributed by atoms with van der Waals surface area (Å²) < 4.78 is 122. The largest absolute Gasteiger partial charge is 0.456 e. The molecule has 0 bridgehead atoms. The second-order valence-electron chi connectivity index (χ2n) is 10.2. The number of rotatable bonds is 3. The lowest BCUT2D eigenvalue weighted by Crippen LogP contribution is -1.92. The Kier molecular flexibility index (Phi) is 3.18. The molecule has 9 aromatic rings. The number of furan rings is 1. The van der Waals surface area contributed by atoms with Gasteiger partial charge in [0.05, 0.1) is 17.8 Å².